The van der Waals surface area contributed by atoms with E-state index in [1.54, 1.807) is 33.9 Å². The van der Waals surface area contributed by atoms with Crippen LogP contribution in [0.4, 0.5) is 0 Å². The normalized spacial score (nSPS) is 15.3. The molecule has 2 aromatic carbocycles. The summed E-state index contributed by atoms with van der Waals surface area (Å²) >= 11 is 0. The molecule has 0 fully saturated rings. The molecule has 0 saturated carbocycles. The van der Waals surface area contributed by atoms with Crippen molar-refractivity contribution in [3.05, 3.63) is 101 Å². The first-order valence-electron chi connectivity index (χ1n) is 13.2. The van der Waals surface area contributed by atoms with Crippen molar-refractivity contribution in [1.29, 1.82) is 0 Å². The van der Waals surface area contributed by atoms with Gasteiger partial charge in [-0.25, -0.2) is 8.42 Å². The molecule has 8 nitrogen and oxygen atoms in total. The third-order valence-electron chi connectivity index (χ3n) is 6.57. The lowest BCUT2D eigenvalue weighted by Crippen LogP contribution is -2.35. The van der Waals surface area contributed by atoms with Crippen molar-refractivity contribution in [3.63, 3.8) is 0 Å². The molecule has 9 heteroatoms. The lowest BCUT2D eigenvalue weighted by atomic mass is 9.94. The van der Waals surface area contributed by atoms with Gasteiger partial charge >= 0.3 is 0 Å². The Morgan fingerprint density at radius 2 is 1.64 bits per heavy atom. The lowest BCUT2D eigenvalue weighted by molar-refractivity contribution is 0.347. The number of allylic oxidation sites excluding steroid dienone is 3. The Morgan fingerprint density at radius 3 is 2.23 bits per heavy atom. The minimum absolute atomic E-state index is 0.0521. The number of benzene rings is 2. The molecule has 1 unspecified atom stereocenters. The van der Waals surface area contributed by atoms with Crippen LogP contribution < -0.4 is 11.1 Å². The number of nitrogens with two attached hydrogens (primary N) is 1. The van der Waals surface area contributed by atoms with E-state index in [9.17, 15) is 8.42 Å². The molecule has 0 aliphatic rings. The quantitative estimate of drug-likeness (QED) is 0.297. The van der Waals surface area contributed by atoms with E-state index in [1.165, 1.54) is 9.87 Å². The average molecular weight is 552 g/mol. The zero-order chi connectivity index (χ0) is 28.6. The number of nitrogens with zero attached hydrogens (tertiary/aromatic N) is 3. The number of sulfonamides is 1. The third kappa shape index (κ3) is 8.36. The molecule has 1 aromatic heterocycles. The van der Waals surface area contributed by atoms with Crippen molar-refractivity contribution in [2.24, 2.45) is 5.73 Å². The molecule has 0 saturated heterocycles. The van der Waals surface area contributed by atoms with E-state index in [0.717, 1.165) is 18.5 Å². The second-order valence-electron chi connectivity index (χ2n) is 10.4. The van der Waals surface area contributed by atoms with Crippen LogP contribution in [0.3, 0.4) is 0 Å². The minimum Gasteiger partial charge on any atom is -0.419 e. The monoisotopic (exact) mass is 551 g/mol. The molecule has 39 heavy (non-hydrogen) atoms. The molecule has 0 bridgehead atoms. The lowest BCUT2D eigenvalue weighted by Gasteiger charge is -2.22. The molecule has 0 radical (unpaired) electrons. The highest BCUT2D eigenvalue weighted by molar-refractivity contribution is 7.89. The summed E-state index contributed by atoms with van der Waals surface area (Å²) in [5.74, 6) is 0.590. The largest absolute Gasteiger partial charge is 0.419 e. The predicted molar refractivity (Wildman–Crippen MR) is 157 cm³/mol. The van der Waals surface area contributed by atoms with Gasteiger partial charge in [0, 0.05) is 24.4 Å². The molecular weight excluding hydrogens is 510 g/mol. The number of hydrogen-bond acceptors (Lipinski definition) is 7. The van der Waals surface area contributed by atoms with Crippen molar-refractivity contribution < 1.29 is 12.8 Å². The van der Waals surface area contributed by atoms with Crippen LogP contribution in [0.5, 0.6) is 0 Å². The predicted octanol–water partition coefficient (Wildman–Crippen LogP) is 4.66. The van der Waals surface area contributed by atoms with Crippen LogP contribution in [0.25, 0.3) is 5.57 Å². The number of nitrogens with one attached hydrogen (secondary N) is 1. The SMILES string of the molecule is C/C(=C\C(=C/C(C)NCCc1ccccc1)c1nnc([C@](C)(N)Cc2ccccc2)o1)N(C)S(=O)(=O)C(C)C. The van der Waals surface area contributed by atoms with Gasteiger partial charge in [-0.05, 0) is 71.2 Å². The highest BCUT2D eigenvalue weighted by Crippen LogP contribution is 2.26. The van der Waals surface area contributed by atoms with E-state index in [0.29, 0.717) is 23.6 Å². The van der Waals surface area contributed by atoms with Crippen LogP contribution in [0.15, 0.2) is 82.9 Å². The van der Waals surface area contributed by atoms with Crippen LogP contribution >= 0.6 is 0 Å². The number of rotatable bonds is 13. The van der Waals surface area contributed by atoms with E-state index >= 15 is 0 Å². The molecule has 3 N–H and O–H groups in total. The molecule has 0 amide bonds. The summed E-state index contributed by atoms with van der Waals surface area (Å²) < 4.78 is 33.0. The number of aromatic nitrogens is 2. The van der Waals surface area contributed by atoms with Gasteiger partial charge in [-0.15, -0.1) is 10.2 Å². The average Bonchev–Trinajstić information content (AvgIpc) is 3.40. The van der Waals surface area contributed by atoms with Gasteiger partial charge < -0.3 is 15.5 Å². The van der Waals surface area contributed by atoms with E-state index in [-0.39, 0.29) is 11.9 Å². The van der Waals surface area contributed by atoms with Gasteiger partial charge in [0.05, 0.1) is 10.8 Å². The summed E-state index contributed by atoms with van der Waals surface area (Å²) in [4.78, 5) is 0. The van der Waals surface area contributed by atoms with Crippen molar-refractivity contribution in [2.45, 2.75) is 64.3 Å². The Hall–Kier alpha value is -3.27. The first-order chi connectivity index (χ1) is 18.4. The highest BCUT2D eigenvalue weighted by atomic mass is 32.2. The van der Waals surface area contributed by atoms with E-state index in [2.05, 4.69) is 27.6 Å². The molecule has 0 aliphatic heterocycles. The molecule has 3 rings (SSSR count). The molecule has 3 aromatic rings. The fraction of sp³-hybridized carbons (Fsp3) is 0.400. The van der Waals surface area contributed by atoms with Crippen molar-refractivity contribution in [2.75, 3.05) is 13.6 Å². The Bertz CT molecular complexity index is 1360. The van der Waals surface area contributed by atoms with Crippen LogP contribution in [-0.4, -0.2) is 47.8 Å². The summed E-state index contributed by atoms with van der Waals surface area (Å²) in [5.41, 5.74) is 9.20. The van der Waals surface area contributed by atoms with E-state index in [4.69, 9.17) is 10.2 Å². The van der Waals surface area contributed by atoms with Gasteiger partial charge in [0.15, 0.2) is 0 Å². The van der Waals surface area contributed by atoms with Crippen molar-refractivity contribution in [3.8, 4) is 0 Å². The van der Waals surface area contributed by atoms with Gasteiger partial charge in [-0.3, -0.25) is 4.31 Å². The first-order valence-corrected chi connectivity index (χ1v) is 14.7. The standard InChI is InChI=1S/C30H41N5O3S/c1-22(2)39(36,37)35(6)24(4)20-27(19-23(3)32-18-17-25-13-9-7-10-14-25)28-33-34-29(38-28)30(5,31)21-26-15-11-8-12-16-26/h7-16,19-20,22-23,32H,17-18,21,31H2,1-6H3/b24-20+,27-19+/t23?,30-/m1/s1. The van der Waals surface area contributed by atoms with Gasteiger partial charge in [0.2, 0.25) is 21.8 Å². The summed E-state index contributed by atoms with van der Waals surface area (Å²) in [6, 6.07) is 20.1. The Kier molecular flexibility index (Phi) is 10.2. The van der Waals surface area contributed by atoms with Crippen LogP contribution in [0, 0.1) is 0 Å². The molecule has 0 spiro atoms. The summed E-state index contributed by atoms with van der Waals surface area (Å²) in [6.07, 6.45) is 5.13. The zero-order valence-corrected chi connectivity index (χ0v) is 24.6. The third-order valence-corrected chi connectivity index (χ3v) is 8.81. The van der Waals surface area contributed by atoms with Crippen LogP contribution in [-0.2, 0) is 28.4 Å². The fourth-order valence-electron chi connectivity index (χ4n) is 4.10. The topological polar surface area (TPSA) is 114 Å². The minimum atomic E-state index is -3.49. The highest BCUT2D eigenvalue weighted by Gasteiger charge is 2.29. The van der Waals surface area contributed by atoms with Gasteiger partial charge in [0.25, 0.3) is 0 Å². The van der Waals surface area contributed by atoms with Crippen molar-refractivity contribution >= 4 is 15.6 Å². The van der Waals surface area contributed by atoms with Crippen LogP contribution in [0.2, 0.25) is 0 Å². The molecular formula is C30H41N5O3S. The Balaban J connectivity index is 1.88. The molecule has 210 valence electrons. The maximum atomic E-state index is 12.8. The summed E-state index contributed by atoms with van der Waals surface area (Å²) in [5, 5.41) is 11.5. The Morgan fingerprint density at radius 1 is 1.05 bits per heavy atom. The Labute approximate surface area is 233 Å². The summed E-state index contributed by atoms with van der Waals surface area (Å²) in [7, 11) is -1.94. The molecule has 1 heterocycles. The second-order valence-corrected chi connectivity index (χ2v) is 13.0. The van der Waals surface area contributed by atoms with E-state index in [1.807, 2.05) is 68.5 Å². The maximum absolute atomic E-state index is 12.8. The molecule has 0 aliphatic carbocycles. The summed E-state index contributed by atoms with van der Waals surface area (Å²) in [6.45, 7) is 9.73. The maximum Gasteiger partial charge on any atom is 0.247 e. The smallest absolute Gasteiger partial charge is 0.247 e. The van der Waals surface area contributed by atoms with Gasteiger partial charge in [0.1, 0.15) is 0 Å². The van der Waals surface area contributed by atoms with Crippen molar-refractivity contribution in [1.82, 2.24) is 19.8 Å². The van der Waals surface area contributed by atoms with Gasteiger partial charge in [-0.2, -0.15) is 0 Å². The fourth-order valence-corrected chi connectivity index (χ4v) is 5.18. The first kappa shape index (κ1) is 30.3. The molecule has 2 atom stereocenters. The number of hydrogen-bond donors (Lipinski definition) is 2. The second kappa shape index (κ2) is 13.2. The van der Waals surface area contributed by atoms with E-state index < -0.39 is 20.8 Å². The van der Waals surface area contributed by atoms with Gasteiger partial charge in [-0.1, -0.05) is 66.7 Å². The van der Waals surface area contributed by atoms with Crippen LogP contribution in [0.1, 0.15) is 57.5 Å². The zero-order valence-electron chi connectivity index (χ0n) is 23.8.